The van der Waals surface area contributed by atoms with Crippen LogP contribution < -0.4 is 10.7 Å². The highest BCUT2D eigenvalue weighted by molar-refractivity contribution is 6.36. The van der Waals surface area contributed by atoms with Gasteiger partial charge in [-0.3, -0.25) is 5.43 Å². The Morgan fingerprint density at radius 1 is 1.00 bits per heavy atom. The largest absolute Gasteiger partial charge is 0.388 e. The lowest BCUT2D eigenvalue weighted by Crippen LogP contribution is -2.07. The average molecular weight is 357 g/mol. The van der Waals surface area contributed by atoms with Crippen LogP contribution in [0.25, 0.3) is 0 Å². The highest BCUT2D eigenvalue weighted by Gasteiger charge is 2.09. The molecule has 0 saturated heterocycles. The maximum Gasteiger partial charge on any atom is 0.0749 e. The molecule has 0 aromatic heterocycles. The molecule has 2 aromatic rings. The van der Waals surface area contributed by atoms with Crippen LogP contribution in [0.3, 0.4) is 0 Å². The van der Waals surface area contributed by atoms with Gasteiger partial charge in [0.1, 0.15) is 0 Å². The SMILES string of the molecule is CC/C(=N/Nc1ccc(Cl)cc1Cl)c1cc(Cl)ccc1NC. The third-order valence-corrected chi connectivity index (χ3v) is 3.92. The summed E-state index contributed by atoms with van der Waals surface area (Å²) < 4.78 is 0. The van der Waals surface area contributed by atoms with E-state index in [-0.39, 0.29) is 0 Å². The van der Waals surface area contributed by atoms with Crippen LogP contribution in [-0.2, 0) is 0 Å². The minimum atomic E-state index is 0.520. The van der Waals surface area contributed by atoms with Crippen molar-refractivity contribution in [1.29, 1.82) is 0 Å². The Bertz CT molecular complexity index is 699. The molecule has 116 valence electrons. The number of hydrazone groups is 1. The molecule has 2 rings (SSSR count). The Kier molecular flexibility index (Phi) is 5.95. The minimum absolute atomic E-state index is 0.520. The molecule has 3 nitrogen and oxygen atoms in total. The van der Waals surface area contributed by atoms with E-state index in [0.29, 0.717) is 20.8 Å². The lowest BCUT2D eigenvalue weighted by atomic mass is 10.1. The van der Waals surface area contributed by atoms with Gasteiger partial charge in [-0.1, -0.05) is 41.7 Å². The molecule has 22 heavy (non-hydrogen) atoms. The van der Waals surface area contributed by atoms with E-state index in [4.69, 9.17) is 34.8 Å². The van der Waals surface area contributed by atoms with Gasteiger partial charge in [0.2, 0.25) is 0 Å². The second kappa shape index (κ2) is 7.73. The highest BCUT2D eigenvalue weighted by Crippen LogP contribution is 2.26. The van der Waals surface area contributed by atoms with Crippen LogP contribution in [0.2, 0.25) is 15.1 Å². The van der Waals surface area contributed by atoms with E-state index in [9.17, 15) is 0 Å². The summed E-state index contributed by atoms with van der Waals surface area (Å²) in [5.41, 5.74) is 6.48. The van der Waals surface area contributed by atoms with Crippen molar-refractivity contribution in [3.63, 3.8) is 0 Å². The van der Waals surface area contributed by atoms with Crippen LogP contribution in [-0.4, -0.2) is 12.8 Å². The summed E-state index contributed by atoms with van der Waals surface area (Å²) in [5.74, 6) is 0. The van der Waals surface area contributed by atoms with Gasteiger partial charge < -0.3 is 5.32 Å². The molecule has 0 fully saturated rings. The predicted molar refractivity (Wildman–Crippen MR) is 97.9 cm³/mol. The summed E-state index contributed by atoms with van der Waals surface area (Å²) >= 11 is 18.1. The van der Waals surface area contributed by atoms with Crippen molar-refractivity contribution in [3.8, 4) is 0 Å². The normalized spacial score (nSPS) is 11.4. The van der Waals surface area contributed by atoms with Gasteiger partial charge in [0.05, 0.1) is 16.4 Å². The molecule has 0 saturated carbocycles. The van der Waals surface area contributed by atoms with Crippen LogP contribution in [0.4, 0.5) is 11.4 Å². The fraction of sp³-hybridized carbons (Fsp3) is 0.188. The first-order valence-electron chi connectivity index (χ1n) is 6.80. The summed E-state index contributed by atoms with van der Waals surface area (Å²) in [6, 6.07) is 10.9. The summed E-state index contributed by atoms with van der Waals surface area (Å²) in [6.45, 7) is 2.03. The van der Waals surface area contributed by atoms with E-state index < -0.39 is 0 Å². The van der Waals surface area contributed by atoms with Crippen LogP contribution >= 0.6 is 34.8 Å². The topological polar surface area (TPSA) is 36.4 Å². The Hall–Kier alpha value is -1.42. The molecule has 0 atom stereocenters. The van der Waals surface area contributed by atoms with E-state index >= 15 is 0 Å². The van der Waals surface area contributed by atoms with Crippen molar-refractivity contribution in [2.24, 2.45) is 5.10 Å². The monoisotopic (exact) mass is 355 g/mol. The van der Waals surface area contributed by atoms with E-state index in [1.165, 1.54) is 0 Å². The van der Waals surface area contributed by atoms with Crippen molar-refractivity contribution < 1.29 is 0 Å². The number of hydrogen-bond acceptors (Lipinski definition) is 3. The van der Waals surface area contributed by atoms with Gasteiger partial charge >= 0.3 is 0 Å². The zero-order valence-corrected chi connectivity index (χ0v) is 14.5. The summed E-state index contributed by atoms with van der Waals surface area (Å²) in [7, 11) is 1.86. The van der Waals surface area contributed by atoms with Gasteiger partial charge in [0.25, 0.3) is 0 Å². The van der Waals surface area contributed by atoms with E-state index in [0.717, 1.165) is 23.4 Å². The molecular formula is C16H16Cl3N3. The van der Waals surface area contributed by atoms with Crippen molar-refractivity contribution in [1.82, 2.24) is 0 Å². The molecule has 0 heterocycles. The number of anilines is 2. The Morgan fingerprint density at radius 2 is 1.64 bits per heavy atom. The van der Waals surface area contributed by atoms with E-state index in [1.54, 1.807) is 18.2 Å². The fourth-order valence-corrected chi connectivity index (χ4v) is 2.63. The van der Waals surface area contributed by atoms with Crippen molar-refractivity contribution in [2.75, 3.05) is 17.8 Å². The molecule has 0 amide bonds. The Morgan fingerprint density at radius 3 is 2.23 bits per heavy atom. The van der Waals surface area contributed by atoms with Crippen molar-refractivity contribution >= 4 is 51.9 Å². The molecule has 6 heteroatoms. The lowest BCUT2D eigenvalue weighted by Gasteiger charge is -2.12. The third kappa shape index (κ3) is 4.07. The average Bonchev–Trinajstić information content (AvgIpc) is 2.50. The lowest BCUT2D eigenvalue weighted by molar-refractivity contribution is 1.22. The number of rotatable bonds is 5. The second-order valence-corrected chi connectivity index (χ2v) is 5.87. The maximum atomic E-state index is 6.14. The van der Waals surface area contributed by atoms with E-state index in [2.05, 4.69) is 15.8 Å². The first kappa shape index (κ1) is 16.9. The van der Waals surface area contributed by atoms with Gasteiger partial charge in [0.15, 0.2) is 0 Å². The molecule has 0 aliphatic heterocycles. The molecule has 0 aliphatic carbocycles. The van der Waals surface area contributed by atoms with Crippen LogP contribution in [0, 0.1) is 0 Å². The maximum absolute atomic E-state index is 6.14. The summed E-state index contributed by atoms with van der Waals surface area (Å²) in [6.07, 6.45) is 0.743. The molecule has 2 N–H and O–H groups in total. The Labute approximate surface area is 145 Å². The number of nitrogens with one attached hydrogen (secondary N) is 2. The molecule has 2 aromatic carbocycles. The van der Waals surface area contributed by atoms with Gasteiger partial charge in [-0.2, -0.15) is 5.10 Å². The highest BCUT2D eigenvalue weighted by atomic mass is 35.5. The quantitative estimate of drug-likeness (QED) is 0.515. The zero-order chi connectivity index (χ0) is 16.1. The zero-order valence-electron chi connectivity index (χ0n) is 12.3. The first-order valence-corrected chi connectivity index (χ1v) is 7.93. The summed E-state index contributed by atoms with van der Waals surface area (Å²) in [4.78, 5) is 0. The molecule has 0 aliphatic rings. The molecule has 0 unspecified atom stereocenters. The van der Waals surface area contributed by atoms with Crippen LogP contribution in [0.5, 0.6) is 0 Å². The van der Waals surface area contributed by atoms with Crippen molar-refractivity contribution in [3.05, 3.63) is 57.0 Å². The van der Waals surface area contributed by atoms with Gasteiger partial charge in [-0.15, -0.1) is 0 Å². The van der Waals surface area contributed by atoms with Gasteiger partial charge in [-0.25, -0.2) is 0 Å². The van der Waals surface area contributed by atoms with Gasteiger partial charge in [0, 0.05) is 28.3 Å². The number of benzene rings is 2. The molecule has 0 bridgehead atoms. The standard InChI is InChI=1S/C16H16Cl3N3/c1-3-14(12-8-10(17)4-6-15(12)20-2)21-22-16-7-5-11(18)9-13(16)19/h4-9,20,22H,3H2,1-2H3/b21-14-. The second-order valence-electron chi connectivity index (χ2n) is 4.59. The van der Waals surface area contributed by atoms with Gasteiger partial charge in [-0.05, 0) is 42.8 Å². The third-order valence-electron chi connectivity index (χ3n) is 3.14. The number of hydrogen-bond donors (Lipinski definition) is 2. The molecular weight excluding hydrogens is 341 g/mol. The van der Waals surface area contributed by atoms with Crippen LogP contribution in [0.15, 0.2) is 41.5 Å². The minimum Gasteiger partial charge on any atom is -0.388 e. The van der Waals surface area contributed by atoms with E-state index in [1.807, 2.05) is 32.2 Å². The van der Waals surface area contributed by atoms with Crippen molar-refractivity contribution in [2.45, 2.75) is 13.3 Å². The predicted octanol–water partition coefficient (Wildman–Crippen LogP) is 5.91. The van der Waals surface area contributed by atoms with Crippen LogP contribution in [0.1, 0.15) is 18.9 Å². The molecule has 0 radical (unpaired) electrons. The fourth-order valence-electron chi connectivity index (χ4n) is 2.01. The Balaban J connectivity index is 2.33. The number of halogens is 3. The molecule has 0 spiro atoms. The summed E-state index contributed by atoms with van der Waals surface area (Å²) in [5, 5.41) is 9.38. The number of nitrogens with zero attached hydrogens (tertiary/aromatic N) is 1. The first-order chi connectivity index (χ1) is 10.5. The smallest absolute Gasteiger partial charge is 0.0749 e.